The van der Waals surface area contributed by atoms with E-state index >= 15 is 0 Å². The lowest BCUT2D eigenvalue weighted by molar-refractivity contribution is 0.0669. The van der Waals surface area contributed by atoms with Crippen molar-refractivity contribution in [1.82, 2.24) is 4.98 Å². The molecule has 1 saturated carbocycles. The molecule has 0 aliphatic heterocycles. The normalized spacial score (nSPS) is 19.1. The average molecular weight is 360 g/mol. The van der Waals surface area contributed by atoms with Gasteiger partial charge >= 0.3 is 0 Å². The van der Waals surface area contributed by atoms with Crippen molar-refractivity contribution in [1.29, 1.82) is 5.26 Å². The van der Waals surface area contributed by atoms with Gasteiger partial charge in [-0.15, -0.1) is 11.8 Å². The number of pyridine rings is 1. The largest absolute Gasteiger partial charge is 0.296 e. The van der Waals surface area contributed by atoms with E-state index in [1.165, 1.54) is 11.8 Å². The molecular formula is C13H15BrFN3OS. The zero-order chi connectivity index (χ0) is 14.8. The maximum atomic E-state index is 13.8. The minimum atomic E-state index is -0.606. The molecule has 0 aromatic carbocycles. The number of nitriles is 1. The molecule has 1 fully saturated rings. The first-order chi connectivity index (χ1) is 9.50. The molecule has 108 valence electrons. The third-order valence-corrected chi connectivity index (χ3v) is 5.40. The number of nitrogens with two attached hydrogens (primary N) is 1. The molecule has 2 atom stereocenters. The minimum absolute atomic E-state index is 0.345. The Balaban J connectivity index is 2.09. The summed E-state index contributed by atoms with van der Waals surface area (Å²) in [5, 5.41) is 9.32. The van der Waals surface area contributed by atoms with Gasteiger partial charge in [0, 0.05) is 11.3 Å². The molecule has 0 radical (unpaired) electrons. The standard InChI is InChI=1S/C13H15BrFN3OS/c1-13(7-16,8-2-3-8)20-6-11(19-17)9-4-12(14)18-5-10(9)15/h4-5,8,11H,2-3,6,17H2,1H3. The topological polar surface area (TPSA) is 71.9 Å². The van der Waals surface area contributed by atoms with E-state index in [-0.39, 0.29) is 0 Å². The smallest absolute Gasteiger partial charge is 0.147 e. The molecule has 0 bridgehead atoms. The summed E-state index contributed by atoms with van der Waals surface area (Å²) in [5.41, 5.74) is 0.345. The number of thioether (sulfide) groups is 1. The van der Waals surface area contributed by atoms with Crippen molar-refractivity contribution in [2.75, 3.05) is 5.75 Å². The predicted octanol–water partition coefficient (Wildman–Crippen LogP) is 3.34. The summed E-state index contributed by atoms with van der Waals surface area (Å²) >= 11 is 4.67. The van der Waals surface area contributed by atoms with Gasteiger partial charge in [-0.1, -0.05) is 0 Å². The maximum Gasteiger partial charge on any atom is 0.147 e. The lowest BCUT2D eigenvalue weighted by Gasteiger charge is -2.23. The van der Waals surface area contributed by atoms with Crippen LogP contribution in [0.5, 0.6) is 0 Å². The molecule has 1 aliphatic rings. The highest BCUT2D eigenvalue weighted by Gasteiger charge is 2.42. The fourth-order valence-corrected chi connectivity index (χ4v) is 3.64. The van der Waals surface area contributed by atoms with E-state index in [1.54, 1.807) is 6.07 Å². The first-order valence-corrected chi connectivity index (χ1v) is 7.99. The molecule has 1 aliphatic carbocycles. The van der Waals surface area contributed by atoms with E-state index in [1.807, 2.05) is 6.92 Å². The molecule has 1 heterocycles. The number of hydrogen-bond acceptors (Lipinski definition) is 5. The van der Waals surface area contributed by atoms with Gasteiger partial charge in [-0.2, -0.15) is 5.26 Å². The highest BCUT2D eigenvalue weighted by Crippen LogP contribution is 2.48. The van der Waals surface area contributed by atoms with Crippen molar-refractivity contribution in [3.8, 4) is 6.07 Å². The summed E-state index contributed by atoms with van der Waals surface area (Å²) in [7, 11) is 0. The van der Waals surface area contributed by atoms with Crippen LogP contribution >= 0.6 is 27.7 Å². The van der Waals surface area contributed by atoms with Gasteiger partial charge in [-0.25, -0.2) is 15.3 Å². The molecule has 2 N–H and O–H groups in total. The lowest BCUT2D eigenvalue weighted by Crippen LogP contribution is -2.24. The van der Waals surface area contributed by atoms with Gasteiger partial charge in [0.05, 0.1) is 12.3 Å². The molecule has 0 saturated heterocycles. The van der Waals surface area contributed by atoms with Crippen LogP contribution in [0.4, 0.5) is 4.39 Å². The van der Waals surface area contributed by atoms with Crippen molar-refractivity contribution >= 4 is 27.7 Å². The first-order valence-electron chi connectivity index (χ1n) is 6.22. The van der Waals surface area contributed by atoms with E-state index in [0.29, 0.717) is 21.8 Å². The Hall–Kier alpha value is -0.680. The zero-order valence-electron chi connectivity index (χ0n) is 11.0. The van der Waals surface area contributed by atoms with Gasteiger partial charge in [0.1, 0.15) is 21.3 Å². The molecule has 2 rings (SSSR count). The Labute approximate surface area is 130 Å². The van der Waals surface area contributed by atoms with Gasteiger partial charge in [0.2, 0.25) is 0 Å². The summed E-state index contributed by atoms with van der Waals surface area (Å²) in [6.07, 6.45) is 2.66. The predicted molar refractivity (Wildman–Crippen MR) is 79.1 cm³/mol. The molecule has 4 nitrogen and oxygen atoms in total. The second-order valence-corrected chi connectivity index (χ2v) is 7.24. The van der Waals surface area contributed by atoms with Crippen LogP contribution in [0.25, 0.3) is 0 Å². The van der Waals surface area contributed by atoms with E-state index in [2.05, 4.69) is 27.0 Å². The lowest BCUT2D eigenvalue weighted by atomic mass is 10.1. The quantitative estimate of drug-likeness (QED) is 0.622. The van der Waals surface area contributed by atoms with Crippen molar-refractivity contribution in [3.63, 3.8) is 0 Å². The number of nitrogens with zero attached hydrogens (tertiary/aromatic N) is 2. The summed E-state index contributed by atoms with van der Waals surface area (Å²) in [5.74, 6) is 5.65. The SMILES string of the molecule is CC(C#N)(SCC(ON)c1cc(Br)ncc1F)C1CC1. The highest BCUT2D eigenvalue weighted by molar-refractivity contribution is 9.10. The van der Waals surface area contributed by atoms with Crippen LogP contribution in [0.1, 0.15) is 31.4 Å². The fraction of sp³-hybridized carbons (Fsp3) is 0.538. The number of halogens is 2. The fourth-order valence-electron chi connectivity index (χ4n) is 2.00. The first kappa shape index (κ1) is 15.7. The van der Waals surface area contributed by atoms with Crippen LogP contribution in [-0.4, -0.2) is 15.5 Å². The summed E-state index contributed by atoms with van der Waals surface area (Å²) in [6, 6.07) is 3.90. The number of aromatic nitrogens is 1. The van der Waals surface area contributed by atoms with Gasteiger partial charge in [-0.3, -0.25) is 4.84 Å². The molecule has 1 aromatic rings. The summed E-state index contributed by atoms with van der Waals surface area (Å²) in [4.78, 5) is 8.70. The Bertz CT molecular complexity index is 535. The van der Waals surface area contributed by atoms with Gasteiger partial charge in [0.25, 0.3) is 0 Å². The van der Waals surface area contributed by atoms with Crippen LogP contribution in [0.3, 0.4) is 0 Å². The van der Waals surface area contributed by atoms with E-state index < -0.39 is 16.7 Å². The maximum absolute atomic E-state index is 13.8. The third-order valence-electron chi connectivity index (χ3n) is 3.48. The Morgan fingerprint density at radius 1 is 1.75 bits per heavy atom. The monoisotopic (exact) mass is 359 g/mol. The van der Waals surface area contributed by atoms with Crippen molar-refractivity contribution in [3.05, 3.63) is 28.2 Å². The zero-order valence-corrected chi connectivity index (χ0v) is 13.4. The van der Waals surface area contributed by atoms with Crippen LogP contribution < -0.4 is 5.90 Å². The summed E-state index contributed by atoms with van der Waals surface area (Å²) in [6.45, 7) is 1.92. The average Bonchev–Trinajstić information content (AvgIpc) is 3.27. The third kappa shape index (κ3) is 3.50. The Morgan fingerprint density at radius 2 is 2.45 bits per heavy atom. The molecule has 2 unspecified atom stereocenters. The molecule has 20 heavy (non-hydrogen) atoms. The van der Waals surface area contributed by atoms with Gasteiger partial charge in [0.15, 0.2) is 0 Å². The number of hydrogen-bond donors (Lipinski definition) is 1. The van der Waals surface area contributed by atoms with Crippen LogP contribution in [0.15, 0.2) is 16.9 Å². The van der Waals surface area contributed by atoms with Gasteiger partial charge < -0.3 is 0 Å². The molecule has 0 amide bonds. The Morgan fingerprint density at radius 3 is 3.00 bits per heavy atom. The van der Waals surface area contributed by atoms with E-state index in [4.69, 9.17) is 10.7 Å². The van der Waals surface area contributed by atoms with E-state index in [9.17, 15) is 9.65 Å². The van der Waals surface area contributed by atoms with Crippen molar-refractivity contribution < 1.29 is 9.23 Å². The molecular weight excluding hydrogens is 345 g/mol. The summed E-state index contributed by atoms with van der Waals surface area (Å²) < 4.78 is 13.8. The van der Waals surface area contributed by atoms with Crippen LogP contribution in [-0.2, 0) is 4.84 Å². The Kier molecular flexibility index (Phi) is 5.02. The second-order valence-electron chi connectivity index (χ2n) is 4.96. The van der Waals surface area contributed by atoms with Crippen molar-refractivity contribution in [2.45, 2.75) is 30.6 Å². The molecule has 0 spiro atoms. The van der Waals surface area contributed by atoms with Crippen LogP contribution in [0.2, 0.25) is 0 Å². The van der Waals surface area contributed by atoms with Gasteiger partial charge in [-0.05, 0) is 47.7 Å². The highest BCUT2D eigenvalue weighted by atomic mass is 79.9. The number of rotatable bonds is 6. The second kappa shape index (κ2) is 6.39. The van der Waals surface area contributed by atoms with Crippen molar-refractivity contribution in [2.24, 2.45) is 11.8 Å². The molecule has 1 aromatic heterocycles. The van der Waals surface area contributed by atoms with Crippen LogP contribution in [0, 0.1) is 23.1 Å². The minimum Gasteiger partial charge on any atom is -0.296 e. The molecule has 7 heteroatoms. The van der Waals surface area contributed by atoms with E-state index in [0.717, 1.165) is 19.0 Å².